The number of hydrogen-bond donors (Lipinski definition) is 0. The Morgan fingerprint density at radius 3 is 1.36 bits per heavy atom. The number of hydrogen-bond acceptors (Lipinski definition) is 6. The van der Waals surface area contributed by atoms with E-state index in [-0.39, 0.29) is 6.10 Å². The lowest BCUT2D eigenvalue weighted by atomic mass is 10.5. The summed E-state index contributed by atoms with van der Waals surface area (Å²) >= 11 is 0. The van der Waals surface area contributed by atoms with Crippen LogP contribution in [0, 0.1) is 0 Å². The van der Waals surface area contributed by atoms with Crippen LogP contribution in [0.15, 0.2) is 12.7 Å². The zero-order chi connectivity index (χ0) is 16.3. The van der Waals surface area contributed by atoms with Crippen LogP contribution in [0.5, 0.6) is 0 Å². The van der Waals surface area contributed by atoms with Crippen LogP contribution in [0.4, 0.5) is 0 Å². The first-order valence-corrected chi connectivity index (χ1v) is 7.88. The second-order valence-corrected chi connectivity index (χ2v) is 4.73. The van der Waals surface area contributed by atoms with E-state index in [0.29, 0.717) is 72.7 Å². The molecule has 0 aliphatic heterocycles. The first-order chi connectivity index (χ1) is 10.8. The summed E-state index contributed by atoms with van der Waals surface area (Å²) in [6.07, 6.45) is 1.97. The van der Waals surface area contributed by atoms with Gasteiger partial charge in [0.25, 0.3) is 0 Å². The molecule has 0 atom stereocenters. The highest BCUT2D eigenvalue weighted by molar-refractivity contribution is 4.63. The van der Waals surface area contributed by atoms with Crippen LogP contribution < -0.4 is 0 Å². The highest BCUT2D eigenvalue weighted by Gasteiger charge is 1.94. The first-order valence-electron chi connectivity index (χ1n) is 7.88. The van der Waals surface area contributed by atoms with Gasteiger partial charge in [-0.1, -0.05) is 6.08 Å². The molecule has 0 heterocycles. The lowest BCUT2D eigenvalue weighted by Crippen LogP contribution is -2.14. The molecule has 0 aromatic heterocycles. The maximum atomic E-state index is 5.37. The standard InChI is InChI=1S/C16H32O6/c1-4-5-17-6-7-18-8-9-19-10-11-20-12-13-21-14-15-22-16(2)3/h4,16H,1,5-15H2,2-3H3. The van der Waals surface area contributed by atoms with Gasteiger partial charge in [-0.3, -0.25) is 0 Å². The summed E-state index contributed by atoms with van der Waals surface area (Å²) in [7, 11) is 0. The summed E-state index contributed by atoms with van der Waals surface area (Å²) in [6.45, 7) is 13.9. The molecule has 0 amide bonds. The van der Waals surface area contributed by atoms with E-state index in [4.69, 9.17) is 28.4 Å². The van der Waals surface area contributed by atoms with E-state index in [1.54, 1.807) is 6.08 Å². The molecule has 0 radical (unpaired) electrons. The van der Waals surface area contributed by atoms with E-state index in [9.17, 15) is 0 Å². The largest absolute Gasteiger partial charge is 0.377 e. The van der Waals surface area contributed by atoms with Crippen molar-refractivity contribution in [3.8, 4) is 0 Å². The molecule has 0 fully saturated rings. The van der Waals surface area contributed by atoms with Crippen molar-refractivity contribution in [2.75, 3.05) is 72.7 Å². The Bertz CT molecular complexity index is 223. The first kappa shape index (κ1) is 21.5. The molecule has 0 aromatic carbocycles. The summed E-state index contributed by atoms with van der Waals surface area (Å²) in [4.78, 5) is 0. The summed E-state index contributed by atoms with van der Waals surface area (Å²) in [5.41, 5.74) is 0. The van der Waals surface area contributed by atoms with Gasteiger partial charge in [0.2, 0.25) is 0 Å². The van der Waals surface area contributed by atoms with Gasteiger partial charge in [-0.05, 0) is 13.8 Å². The lowest BCUT2D eigenvalue weighted by Gasteiger charge is -2.09. The van der Waals surface area contributed by atoms with Gasteiger partial charge in [0.05, 0.1) is 78.8 Å². The average Bonchev–Trinajstić information content (AvgIpc) is 2.50. The van der Waals surface area contributed by atoms with Crippen LogP contribution in [0.2, 0.25) is 0 Å². The molecular weight excluding hydrogens is 288 g/mol. The van der Waals surface area contributed by atoms with Crippen LogP contribution in [-0.4, -0.2) is 78.8 Å². The SMILES string of the molecule is C=CCOCCOCCOCCOCCOCCOC(C)C. The van der Waals surface area contributed by atoms with E-state index in [1.807, 2.05) is 13.8 Å². The molecule has 0 saturated heterocycles. The van der Waals surface area contributed by atoms with Crippen LogP contribution >= 0.6 is 0 Å². The molecule has 6 heteroatoms. The molecule has 0 unspecified atom stereocenters. The van der Waals surface area contributed by atoms with E-state index in [1.165, 1.54) is 0 Å². The van der Waals surface area contributed by atoms with Gasteiger partial charge in [-0.2, -0.15) is 0 Å². The molecule has 0 aromatic rings. The fourth-order valence-corrected chi connectivity index (χ4v) is 1.39. The Kier molecular flexibility index (Phi) is 18.1. The van der Waals surface area contributed by atoms with Crippen LogP contribution in [0.3, 0.4) is 0 Å². The monoisotopic (exact) mass is 320 g/mol. The summed E-state index contributed by atoms with van der Waals surface area (Å²) in [5, 5.41) is 0. The Morgan fingerprint density at radius 2 is 1.00 bits per heavy atom. The van der Waals surface area contributed by atoms with Crippen LogP contribution in [-0.2, 0) is 28.4 Å². The molecule has 132 valence electrons. The van der Waals surface area contributed by atoms with Crippen molar-refractivity contribution in [1.29, 1.82) is 0 Å². The van der Waals surface area contributed by atoms with Gasteiger partial charge in [-0.15, -0.1) is 6.58 Å². The van der Waals surface area contributed by atoms with Gasteiger partial charge in [0, 0.05) is 0 Å². The van der Waals surface area contributed by atoms with Crippen molar-refractivity contribution in [1.82, 2.24) is 0 Å². The minimum absolute atomic E-state index is 0.251. The number of ether oxygens (including phenoxy) is 6. The van der Waals surface area contributed by atoms with Gasteiger partial charge >= 0.3 is 0 Å². The van der Waals surface area contributed by atoms with Crippen molar-refractivity contribution in [2.45, 2.75) is 20.0 Å². The van der Waals surface area contributed by atoms with Crippen molar-refractivity contribution < 1.29 is 28.4 Å². The van der Waals surface area contributed by atoms with E-state index >= 15 is 0 Å². The lowest BCUT2D eigenvalue weighted by molar-refractivity contribution is -0.0205. The average molecular weight is 320 g/mol. The zero-order valence-corrected chi connectivity index (χ0v) is 14.1. The van der Waals surface area contributed by atoms with Crippen molar-refractivity contribution in [3.05, 3.63) is 12.7 Å². The van der Waals surface area contributed by atoms with E-state index < -0.39 is 0 Å². The Labute approximate surface area is 134 Å². The minimum Gasteiger partial charge on any atom is -0.377 e. The third-order valence-electron chi connectivity index (χ3n) is 2.40. The maximum Gasteiger partial charge on any atom is 0.0704 e. The number of rotatable bonds is 18. The van der Waals surface area contributed by atoms with Crippen LogP contribution in [0.25, 0.3) is 0 Å². The van der Waals surface area contributed by atoms with E-state index in [0.717, 1.165) is 0 Å². The van der Waals surface area contributed by atoms with Gasteiger partial charge in [-0.25, -0.2) is 0 Å². The molecule has 0 bridgehead atoms. The Hall–Kier alpha value is -0.500. The summed E-state index contributed by atoms with van der Waals surface area (Å²) in [5.74, 6) is 0. The highest BCUT2D eigenvalue weighted by atomic mass is 16.6. The van der Waals surface area contributed by atoms with Crippen LogP contribution in [0.1, 0.15) is 13.8 Å². The van der Waals surface area contributed by atoms with Gasteiger partial charge < -0.3 is 28.4 Å². The van der Waals surface area contributed by atoms with Gasteiger partial charge in [0.1, 0.15) is 0 Å². The quantitative estimate of drug-likeness (QED) is 0.283. The fraction of sp³-hybridized carbons (Fsp3) is 0.875. The predicted molar refractivity (Wildman–Crippen MR) is 85.4 cm³/mol. The molecule has 6 nitrogen and oxygen atoms in total. The molecule has 0 saturated carbocycles. The molecule has 0 aliphatic carbocycles. The maximum absolute atomic E-state index is 5.37. The Balaban J connectivity index is 2.95. The third-order valence-corrected chi connectivity index (χ3v) is 2.40. The highest BCUT2D eigenvalue weighted by Crippen LogP contribution is 1.88. The Morgan fingerprint density at radius 1 is 0.636 bits per heavy atom. The minimum atomic E-state index is 0.251. The molecule has 0 spiro atoms. The predicted octanol–water partition coefficient (Wildman–Crippen LogP) is 1.68. The second kappa shape index (κ2) is 18.5. The van der Waals surface area contributed by atoms with Gasteiger partial charge in [0.15, 0.2) is 0 Å². The zero-order valence-electron chi connectivity index (χ0n) is 14.1. The van der Waals surface area contributed by atoms with E-state index in [2.05, 4.69) is 6.58 Å². The molecule has 0 rings (SSSR count). The smallest absolute Gasteiger partial charge is 0.0704 e. The fourth-order valence-electron chi connectivity index (χ4n) is 1.39. The second-order valence-electron chi connectivity index (χ2n) is 4.73. The topological polar surface area (TPSA) is 55.4 Å². The summed E-state index contributed by atoms with van der Waals surface area (Å²) in [6, 6.07) is 0. The summed E-state index contributed by atoms with van der Waals surface area (Å²) < 4.78 is 31.9. The molecule has 0 N–H and O–H groups in total. The molecule has 0 aliphatic rings. The molecular formula is C16H32O6. The molecule has 22 heavy (non-hydrogen) atoms. The normalized spacial score (nSPS) is 11.2. The van der Waals surface area contributed by atoms with Crippen molar-refractivity contribution in [2.24, 2.45) is 0 Å². The third kappa shape index (κ3) is 19.5. The van der Waals surface area contributed by atoms with Crippen molar-refractivity contribution >= 4 is 0 Å². The van der Waals surface area contributed by atoms with Crippen molar-refractivity contribution in [3.63, 3.8) is 0 Å².